The molecule has 2 aromatic carbocycles. The van der Waals surface area contributed by atoms with Crippen LogP contribution in [-0.4, -0.2) is 20.7 Å². The maximum absolute atomic E-state index is 13.1. The number of halogens is 1. The van der Waals surface area contributed by atoms with E-state index >= 15 is 0 Å². The molecule has 0 unspecified atom stereocenters. The lowest BCUT2D eigenvalue weighted by Crippen LogP contribution is -2.20. The Kier molecular flexibility index (Phi) is 4.95. The van der Waals surface area contributed by atoms with Gasteiger partial charge in [0.2, 0.25) is 17.7 Å². The molecule has 0 fully saturated rings. The summed E-state index contributed by atoms with van der Waals surface area (Å²) >= 11 is 0. The highest BCUT2D eigenvalue weighted by molar-refractivity contribution is 5.90. The molecule has 0 saturated heterocycles. The van der Waals surface area contributed by atoms with E-state index in [0.717, 1.165) is 22.6 Å². The van der Waals surface area contributed by atoms with Gasteiger partial charge in [0.1, 0.15) is 12.4 Å². The first-order valence-corrected chi connectivity index (χ1v) is 9.12. The number of aromatic nitrogens is 3. The topological polar surface area (TPSA) is 73.0 Å². The van der Waals surface area contributed by atoms with Gasteiger partial charge in [0.05, 0.1) is 5.56 Å². The molecule has 0 aliphatic rings. The third-order valence-corrected chi connectivity index (χ3v) is 4.68. The largest absolute Gasteiger partial charge is 0.416 e. The average molecular weight is 390 g/mol. The number of anilines is 1. The van der Waals surface area contributed by atoms with Crippen LogP contribution in [0.4, 0.5) is 10.1 Å². The van der Waals surface area contributed by atoms with Gasteiger partial charge in [0.25, 0.3) is 0 Å². The van der Waals surface area contributed by atoms with Crippen LogP contribution in [0.25, 0.3) is 22.9 Å². The molecule has 0 atom stereocenters. The van der Waals surface area contributed by atoms with Crippen molar-refractivity contribution in [1.29, 1.82) is 0 Å². The van der Waals surface area contributed by atoms with Crippen LogP contribution in [0.1, 0.15) is 11.4 Å². The Labute approximate surface area is 167 Å². The van der Waals surface area contributed by atoms with E-state index < -0.39 is 0 Å². The van der Waals surface area contributed by atoms with Crippen molar-refractivity contribution in [3.63, 3.8) is 0 Å². The summed E-state index contributed by atoms with van der Waals surface area (Å²) in [5, 5.41) is 11.1. The summed E-state index contributed by atoms with van der Waals surface area (Å²) in [4.78, 5) is 12.4. The van der Waals surface area contributed by atoms with Crippen LogP contribution in [0.15, 0.2) is 65.1 Å². The fourth-order valence-corrected chi connectivity index (χ4v) is 3.17. The number of carbonyl (C=O) groups is 1. The number of para-hydroxylation sites is 1. The predicted molar refractivity (Wildman–Crippen MR) is 108 cm³/mol. The fourth-order valence-electron chi connectivity index (χ4n) is 3.17. The van der Waals surface area contributed by atoms with Crippen LogP contribution in [0.2, 0.25) is 0 Å². The summed E-state index contributed by atoms with van der Waals surface area (Å²) in [5.74, 6) is 0.215. The monoisotopic (exact) mass is 390 g/mol. The number of nitrogens with one attached hydrogen (secondary N) is 1. The van der Waals surface area contributed by atoms with Crippen molar-refractivity contribution in [3.05, 3.63) is 77.9 Å². The molecule has 7 heteroatoms. The molecule has 4 rings (SSSR count). The Morgan fingerprint density at radius 2 is 1.72 bits per heavy atom. The third-order valence-electron chi connectivity index (χ3n) is 4.68. The van der Waals surface area contributed by atoms with Crippen molar-refractivity contribution in [2.45, 2.75) is 20.4 Å². The quantitative estimate of drug-likeness (QED) is 0.541. The predicted octanol–water partition coefficient (Wildman–Crippen LogP) is 4.60. The highest BCUT2D eigenvalue weighted by Gasteiger charge is 2.18. The number of hydrogen-bond acceptors (Lipinski definition) is 4. The standard InChI is InChI=1S/C22H19FN4O2/c1-14-12-19(22-26-25-21(29-22)16-8-10-17(23)11-9-16)15(2)27(14)13-20(28)24-18-6-4-3-5-7-18/h3-12H,13H2,1-2H3,(H,24,28). The van der Waals surface area contributed by atoms with E-state index in [0.29, 0.717) is 17.3 Å². The summed E-state index contributed by atoms with van der Waals surface area (Å²) in [6.07, 6.45) is 0. The van der Waals surface area contributed by atoms with Gasteiger partial charge in [0, 0.05) is 22.6 Å². The lowest BCUT2D eigenvalue weighted by Gasteiger charge is -2.10. The zero-order chi connectivity index (χ0) is 20.4. The minimum atomic E-state index is -0.328. The molecule has 29 heavy (non-hydrogen) atoms. The highest BCUT2D eigenvalue weighted by Crippen LogP contribution is 2.28. The van der Waals surface area contributed by atoms with Gasteiger partial charge >= 0.3 is 0 Å². The number of benzene rings is 2. The van der Waals surface area contributed by atoms with E-state index in [4.69, 9.17) is 4.42 Å². The Hall–Kier alpha value is -3.74. The Bertz CT molecular complexity index is 1150. The summed E-state index contributed by atoms with van der Waals surface area (Å²) in [6.45, 7) is 4.00. The van der Waals surface area contributed by atoms with Crippen molar-refractivity contribution >= 4 is 11.6 Å². The SMILES string of the molecule is Cc1cc(-c2nnc(-c3ccc(F)cc3)o2)c(C)n1CC(=O)Nc1ccccc1. The van der Waals surface area contributed by atoms with Crippen LogP contribution < -0.4 is 5.32 Å². The van der Waals surface area contributed by atoms with Crippen molar-refractivity contribution in [3.8, 4) is 22.9 Å². The second kappa shape index (κ2) is 7.71. The first-order valence-electron chi connectivity index (χ1n) is 9.12. The number of amides is 1. The second-order valence-corrected chi connectivity index (χ2v) is 6.70. The Morgan fingerprint density at radius 1 is 1.03 bits per heavy atom. The van der Waals surface area contributed by atoms with Crippen LogP contribution >= 0.6 is 0 Å². The number of aryl methyl sites for hydroxylation is 1. The van der Waals surface area contributed by atoms with Crippen LogP contribution in [-0.2, 0) is 11.3 Å². The summed E-state index contributed by atoms with van der Waals surface area (Å²) in [7, 11) is 0. The maximum atomic E-state index is 13.1. The molecular formula is C22H19FN4O2. The molecule has 1 N–H and O–H groups in total. The molecule has 0 saturated carbocycles. The fraction of sp³-hybridized carbons (Fsp3) is 0.136. The Balaban J connectivity index is 1.56. The molecule has 0 bridgehead atoms. The first-order chi connectivity index (χ1) is 14.0. The van der Waals surface area contributed by atoms with E-state index in [1.807, 2.05) is 54.8 Å². The van der Waals surface area contributed by atoms with Crippen LogP contribution in [0.3, 0.4) is 0 Å². The lowest BCUT2D eigenvalue weighted by atomic mass is 10.2. The molecule has 0 spiro atoms. The van der Waals surface area contributed by atoms with E-state index in [9.17, 15) is 9.18 Å². The van der Waals surface area contributed by atoms with Gasteiger partial charge in [-0.05, 0) is 56.3 Å². The highest BCUT2D eigenvalue weighted by atomic mass is 19.1. The molecule has 4 aromatic rings. The first kappa shape index (κ1) is 18.6. The van der Waals surface area contributed by atoms with Crippen molar-refractivity contribution < 1.29 is 13.6 Å². The molecule has 146 valence electrons. The van der Waals surface area contributed by atoms with E-state index in [1.165, 1.54) is 12.1 Å². The second-order valence-electron chi connectivity index (χ2n) is 6.70. The smallest absolute Gasteiger partial charge is 0.249 e. The number of rotatable bonds is 5. The Morgan fingerprint density at radius 3 is 2.45 bits per heavy atom. The normalized spacial score (nSPS) is 10.9. The molecular weight excluding hydrogens is 371 g/mol. The van der Waals surface area contributed by atoms with Gasteiger partial charge in [-0.3, -0.25) is 4.79 Å². The van der Waals surface area contributed by atoms with Gasteiger partial charge in [-0.15, -0.1) is 10.2 Å². The summed E-state index contributed by atoms with van der Waals surface area (Å²) in [6, 6.07) is 17.1. The third kappa shape index (κ3) is 3.94. The van der Waals surface area contributed by atoms with Crippen molar-refractivity contribution in [2.24, 2.45) is 0 Å². The summed E-state index contributed by atoms with van der Waals surface area (Å²) in [5.41, 5.74) is 3.90. The molecule has 0 aliphatic carbocycles. The minimum absolute atomic E-state index is 0.123. The zero-order valence-corrected chi connectivity index (χ0v) is 16.0. The number of hydrogen-bond donors (Lipinski definition) is 1. The van der Waals surface area contributed by atoms with E-state index in [2.05, 4.69) is 15.5 Å². The number of nitrogens with zero attached hydrogens (tertiary/aromatic N) is 3. The maximum Gasteiger partial charge on any atom is 0.249 e. The molecule has 1 amide bonds. The number of carbonyl (C=O) groups excluding carboxylic acids is 1. The van der Waals surface area contributed by atoms with Gasteiger partial charge in [-0.25, -0.2) is 4.39 Å². The zero-order valence-electron chi connectivity index (χ0n) is 16.0. The molecule has 2 heterocycles. The van der Waals surface area contributed by atoms with Gasteiger partial charge in [0.15, 0.2) is 0 Å². The average Bonchev–Trinajstić information content (AvgIpc) is 3.30. The van der Waals surface area contributed by atoms with Crippen molar-refractivity contribution in [2.75, 3.05) is 5.32 Å². The summed E-state index contributed by atoms with van der Waals surface area (Å²) < 4.78 is 20.8. The molecule has 0 aliphatic heterocycles. The van der Waals surface area contributed by atoms with E-state index in [1.54, 1.807) is 12.1 Å². The molecule has 0 radical (unpaired) electrons. The molecule has 2 aromatic heterocycles. The molecule has 6 nitrogen and oxygen atoms in total. The van der Waals surface area contributed by atoms with Crippen LogP contribution in [0, 0.1) is 19.7 Å². The van der Waals surface area contributed by atoms with E-state index in [-0.39, 0.29) is 18.3 Å². The minimum Gasteiger partial charge on any atom is -0.416 e. The van der Waals surface area contributed by atoms with Gasteiger partial charge < -0.3 is 14.3 Å². The van der Waals surface area contributed by atoms with Crippen LogP contribution in [0.5, 0.6) is 0 Å². The van der Waals surface area contributed by atoms with Gasteiger partial charge in [-0.1, -0.05) is 18.2 Å². The lowest BCUT2D eigenvalue weighted by molar-refractivity contribution is -0.116. The van der Waals surface area contributed by atoms with Gasteiger partial charge in [-0.2, -0.15) is 0 Å². The van der Waals surface area contributed by atoms with Crippen molar-refractivity contribution in [1.82, 2.24) is 14.8 Å².